The molecule has 0 saturated heterocycles. The standard InChI is InChI=1S/C12H13BrFN3O/c1-7-9(6-15)12(17(2)16-7)18-11-4-3-8(14)5-10(11)13/h3-5H,6,15H2,1-2H3. The van der Waals surface area contributed by atoms with E-state index in [0.717, 1.165) is 11.3 Å². The maximum Gasteiger partial charge on any atom is 0.222 e. The average molecular weight is 314 g/mol. The number of aromatic nitrogens is 2. The molecule has 0 unspecified atom stereocenters. The molecule has 96 valence electrons. The van der Waals surface area contributed by atoms with Crippen LogP contribution in [0.3, 0.4) is 0 Å². The van der Waals surface area contributed by atoms with Crippen LogP contribution in [0.2, 0.25) is 0 Å². The Morgan fingerprint density at radius 3 is 2.83 bits per heavy atom. The Kier molecular flexibility index (Phi) is 3.68. The zero-order valence-corrected chi connectivity index (χ0v) is 11.7. The maximum atomic E-state index is 13.0. The molecule has 2 N–H and O–H groups in total. The molecule has 18 heavy (non-hydrogen) atoms. The van der Waals surface area contributed by atoms with Crippen molar-refractivity contribution in [3.63, 3.8) is 0 Å². The zero-order valence-electron chi connectivity index (χ0n) is 10.1. The quantitative estimate of drug-likeness (QED) is 0.948. The largest absolute Gasteiger partial charge is 0.438 e. The summed E-state index contributed by atoms with van der Waals surface area (Å²) in [5.74, 6) is 0.769. The first-order valence-electron chi connectivity index (χ1n) is 5.38. The third-order valence-corrected chi connectivity index (χ3v) is 3.21. The summed E-state index contributed by atoms with van der Waals surface area (Å²) >= 11 is 3.26. The fourth-order valence-corrected chi connectivity index (χ4v) is 2.14. The first kappa shape index (κ1) is 13.0. The summed E-state index contributed by atoms with van der Waals surface area (Å²) in [5, 5.41) is 4.25. The third-order valence-electron chi connectivity index (χ3n) is 2.59. The summed E-state index contributed by atoms with van der Waals surface area (Å²) in [5.41, 5.74) is 7.34. The second-order valence-corrected chi connectivity index (χ2v) is 4.73. The minimum atomic E-state index is -0.325. The molecule has 1 aromatic heterocycles. The molecule has 0 atom stereocenters. The molecule has 0 spiro atoms. The van der Waals surface area contributed by atoms with Gasteiger partial charge in [0.15, 0.2) is 0 Å². The van der Waals surface area contributed by atoms with Gasteiger partial charge in [-0.15, -0.1) is 0 Å². The van der Waals surface area contributed by atoms with Gasteiger partial charge in [0.1, 0.15) is 11.6 Å². The van der Waals surface area contributed by atoms with Gasteiger partial charge < -0.3 is 10.5 Å². The van der Waals surface area contributed by atoms with E-state index in [-0.39, 0.29) is 5.82 Å². The summed E-state index contributed by atoms with van der Waals surface area (Å²) in [6, 6.07) is 4.24. The van der Waals surface area contributed by atoms with Crippen molar-refractivity contribution in [1.82, 2.24) is 9.78 Å². The second kappa shape index (κ2) is 5.07. The Bertz CT molecular complexity index is 583. The molecule has 2 aromatic rings. The van der Waals surface area contributed by atoms with Crippen molar-refractivity contribution in [2.45, 2.75) is 13.5 Å². The van der Waals surface area contributed by atoms with Crippen molar-refractivity contribution in [2.24, 2.45) is 12.8 Å². The van der Waals surface area contributed by atoms with Gasteiger partial charge in [-0.25, -0.2) is 9.07 Å². The smallest absolute Gasteiger partial charge is 0.222 e. The van der Waals surface area contributed by atoms with Gasteiger partial charge in [0.05, 0.1) is 15.7 Å². The summed E-state index contributed by atoms with van der Waals surface area (Å²) < 4.78 is 20.9. The van der Waals surface area contributed by atoms with Gasteiger partial charge in [-0.1, -0.05) is 0 Å². The van der Waals surface area contributed by atoms with Crippen LogP contribution in [0.4, 0.5) is 4.39 Å². The maximum absolute atomic E-state index is 13.0. The molecule has 0 aliphatic rings. The molecule has 0 aliphatic heterocycles. The van der Waals surface area contributed by atoms with E-state index in [1.54, 1.807) is 17.8 Å². The molecule has 6 heteroatoms. The first-order chi connectivity index (χ1) is 8.52. The van der Waals surface area contributed by atoms with Crippen LogP contribution in [0.5, 0.6) is 11.6 Å². The highest BCUT2D eigenvalue weighted by Crippen LogP contribution is 2.32. The van der Waals surface area contributed by atoms with Crippen LogP contribution in [-0.4, -0.2) is 9.78 Å². The lowest BCUT2D eigenvalue weighted by molar-refractivity contribution is 0.422. The number of nitrogens with zero attached hydrogens (tertiary/aromatic N) is 2. The fourth-order valence-electron chi connectivity index (χ4n) is 1.71. The predicted octanol–water partition coefficient (Wildman–Crippen LogP) is 2.88. The van der Waals surface area contributed by atoms with Crippen molar-refractivity contribution in [3.8, 4) is 11.6 Å². The van der Waals surface area contributed by atoms with Gasteiger partial charge in [-0.3, -0.25) is 0 Å². The zero-order chi connectivity index (χ0) is 13.3. The SMILES string of the molecule is Cc1nn(C)c(Oc2ccc(F)cc2Br)c1CN. The Balaban J connectivity index is 2.39. The highest BCUT2D eigenvalue weighted by molar-refractivity contribution is 9.10. The topological polar surface area (TPSA) is 53.1 Å². The molecule has 0 bridgehead atoms. The van der Waals surface area contributed by atoms with Crippen LogP contribution < -0.4 is 10.5 Å². The summed E-state index contributed by atoms with van der Waals surface area (Å²) in [6.07, 6.45) is 0. The monoisotopic (exact) mass is 313 g/mol. The molecular weight excluding hydrogens is 301 g/mol. The molecule has 2 rings (SSSR count). The molecule has 1 aromatic carbocycles. The highest BCUT2D eigenvalue weighted by Gasteiger charge is 2.15. The first-order valence-corrected chi connectivity index (χ1v) is 6.17. The Morgan fingerprint density at radius 2 is 2.22 bits per heavy atom. The van der Waals surface area contributed by atoms with Gasteiger partial charge in [-0.2, -0.15) is 5.10 Å². The van der Waals surface area contributed by atoms with Crippen molar-refractivity contribution in [3.05, 3.63) is 39.7 Å². The number of hydrogen-bond acceptors (Lipinski definition) is 3. The van der Waals surface area contributed by atoms with Gasteiger partial charge in [0.2, 0.25) is 5.88 Å². The second-order valence-electron chi connectivity index (χ2n) is 3.87. The van der Waals surface area contributed by atoms with E-state index in [4.69, 9.17) is 10.5 Å². The molecule has 1 heterocycles. The molecule has 0 saturated carbocycles. The van der Waals surface area contributed by atoms with Crippen LogP contribution >= 0.6 is 15.9 Å². The Labute approximate surface area is 113 Å². The fraction of sp³-hybridized carbons (Fsp3) is 0.250. The molecule has 0 amide bonds. The lowest BCUT2D eigenvalue weighted by Crippen LogP contribution is -2.01. The number of halogens is 2. The third kappa shape index (κ3) is 2.39. The number of ether oxygens (including phenoxy) is 1. The minimum absolute atomic E-state index is 0.325. The van der Waals surface area contributed by atoms with Crippen molar-refractivity contribution in [2.75, 3.05) is 0 Å². The van der Waals surface area contributed by atoms with Crippen LogP contribution in [0.15, 0.2) is 22.7 Å². The number of aryl methyl sites for hydroxylation is 2. The van der Waals surface area contributed by atoms with E-state index in [2.05, 4.69) is 21.0 Å². The van der Waals surface area contributed by atoms with Crippen molar-refractivity contribution >= 4 is 15.9 Å². The van der Waals surface area contributed by atoms with E-state index < -0.39 is 0 Å². The van der Waals surface area contributed by atoms with Gasteiger partial charge >= 0.3 is 0 Å². The Hall–Kier alpha value is -1.40. The molecule has 0 fully saturated rings. The van der Waals surface area contributed by atoms with E-state index in [1.807, 2.05) is 6.92 Å². The number of rotatable bonds is 3. The van der Waals surface area contributed by atoms with Crippen molar-refractivity contribution < 1.29 is 9.13 Å². The molecule has 0 aliphatic carbocycles. The molecule has 0 radical (unpaired) electrons. The normalized spacial score (nSPS) is 10.7. The van der Waals surface area contributed by atoms with E-state index in [1.165, 1.54) is 12.1 Å². The minimum Gasteiger partial charge on any atom is -0.438 e. The number of nitrogens with two attached hydrogens (primary N) is 1. The van der Waals surface area contributed by atoms with Crippen LogP contribution in [0.25, 0.3) is 0 Å². The summed E-state index contributed by atoms with van der Waals surface area (Å²) in [7, 11) is 1.78. The van der Waals surface area contributed by atoms with E-state index in [0.29, 0.717) is 22.6 Å². The lowest BCUT2D eigenvalue weighted by atomic mass is 10.2. The van der Waals surface area contributed by atoms with E-state index >= 15 is 0 Å². The average Bonchev–Trinajstić information content (AvgIpc) is 2.57. The Morgan fingerprint density at radius 1 is 1.50 bits per heavy atom. The van der Waals surface area contributed by atoms with E-state index in [9.17, 15) is 4.39 Å². The van der Waals surface area contributed by atoms with Gasteiger partial charge in [0, 0.05) is 13.6 Å². The van der Waals surface area contributed by atoms with Crippen LogP contribution in [0.1, 0.15) is 11.3 Å². The predicted molar refractivity (Wildman–Crippen MR) is 70.0 cm³/mol. The van der Waals surface area contributed by atoms with Gasteiger partial charge in [-0.05, 0) is 41.1 Å². The van der Waals surface area contributed by atoms with Gasteiger partial charge in [0.25, 0.3) is 0 Å². The van der Waals surface area contributed by atoms with Crippen molar-refractivity contribution in [1.29, 1.82) is 0 Å². The lowest BCUT2D eigenvalue weighted by Gasteiger charge is -2.09. The summed E-state index contributed by atoms with van der Waals surface area (Å²) in [6.45, 7) is 2.21. The number of hydrogen-bond donors (Lipinski definition) is 1. The summed E-state index contributed by atoms with van der Waals surface area (Å²) in [4.78, 5) is 0. The number of benzene rings is 1. The molecule has 4 nitrogen and oxygen atoms in total. The van der Waals surface area contributed by atoms with Crippen LogP contribution in [-0.2, 0) is 13.6 Å². The molecular formula is C12H13BrFN3O. The van der Waals surface area contributed by atoms with Crippen LogP contribution in [0, 0.1) is 12.7 Å². The highest BCUT2D eigenvalue weighted by atomic mass is 79.9.